The summed E-state index contributed by atoms with van der Waals surface area (Å²) in [5, 5.41) is 0.915. The van der Waals surface area contributed by atoms with Crippen LogP contribution < -0.4 is 0 Å². The molecular formula is C5H10BrF. The smallest absolute Gasteiger partial charge is 0.0920 e. The molecule has 1 atom stereocenters. The molecule has 0 amide bonds. The highest BCUT2D eigenvalue weighted by atomic mass is 79.9. The van der Waals surface area contributed by atoms with Crippen molar-refractivity contribution in [2.45, 2.75) is 13.3 Å². The lowest BCUT2D eigenvalue weighted by molar-refractivity contribution is 0.378. The van der Waals surface area contributed by atoms with Crippen molar-refractivity contribution >= 4 is 15.9 Å². The Morgan fingerprint density at radius 3 is 2.43 bits per heavy atom. The Bertz CT molecular complexity index is 39.1. The molecule has 2 heteroatoms. The molecule has 0 radical (unpaired) electrons. The maximum atomic E-state index is 11.6. The molecule has 0 aliphatic heterocycles. The van der Waals surface area contributed by atoms with Crippen LogP contribution in [0.25, 0.3) is 0 Å². The highest BCUT2D eigenvalue weighted by Gasteiger charge is 1.96. The van der Waals surface area contributed by atoms with E-state index in [1.807, 2.05) is 6.92 Å². The maximum Gasteiger partial charge on any atom is 0.0920 e. The van der Waals surface area contributed by atoms with Gasteiger partial charge in [-0.15, -0.1) is 0 Å². The minimum atomic E-state index is -0.189. The van der Waals surface area contributed by atoms with Gasteiger partial charge < -0.3 is 0 Å². The highest BCUT2D eigenvalue weighted by Crippen LogP contribution is 2.03. The van der Waals surface area contributed by atoms with Gasteiger partial charge in [-0.1, -0.05) is 22.9 Å². The fourth-order valence-electron chi connectivity index (χ4n) is 0.263. The summed E-state index contributed by atoms with van der Waals surface area (Å²) in [6.45, 7) is 1.72. The first-order valence-electron chi connectivity index (χ1n) is 2.43. The van der Waals surface area contributed by atoms with Crippen LogP contribution in [-0.4, -0.2) is 12.0 Å². The average Bonchev–Trinajstić information content (AvgIpc) is 1.68. The van der Waals surface area contributed by atoms with Crippen molar-refractivity contribution in [1.29, 1.82) is 0 Å². The summed E-state index contributed by atoms with van der Waals surface area (Å²) in [7, 11) is 0. The van der Waals surface area contributed by atoms with E-state index in [1.54, 1.807) is 0 Å². The monoisotopic (exact) mass is 168 g/mol. The summed E-state index contributed by atoms with van der Waals surface area (Å²) >= 11 is 3.22. The minimum absolute atomic E-state index is 0.189. The third-order valence-corrected chi connectivity index (χ3v) is 1.32. The van der Waals surface area contributed by atoms with Crippen molar-refractivity contribution in [1.82, 2.24) is 0 Å². The van der Waals surface area contributed by atoms with Crippen molar-refractivity contribution in [2.75, 3.05) is 12.0 Å². The Hall–Kier alpha value is 0.410. The lowest BCUT2D eigenvalue weighted by Crippen LogP contribution is -1.95. The normalized spacial score (nSPS) is 14.1. The summed E-state index contributed by atoms with van der Waals surface area (Å²) in [5.41, 5.74) is 0. The number of halogens is 2. The van der Waals surface area contributed by atoms with E-state index in [1.165, 1.54) is 0 Å². The first-order valence-corrected chi connectivity index (χ1v) is 3.55. The quantitative estimate of drug-likeness (QED) is 0.569. The Kier molecular flexibility index (Phi) is 4.83. The molecular weight excluding hydrogens is 159 g/mol. The van der Waals surface area contributed by atoms with Crippen LogP contribution in [0.2, 0.25) is 0 Å². The summed E-state index contributed by atoms with van der Waals surface area (Å²) in [5.74, 6) is 0.236. The van der Waals surface area contributed by atoms with Crippen molar-refractivity contribution in [3.63, 3.8) is 0 Å². The van der Waals surface area contributed by atoms with Gasteiger partial charge >= 0.3 is 0 Å². The van der Waals surface area contributed by atoms with Gasteiger partial charge in [-0.3, -0.25) is 4.39 Å². The number of hydrogen-bond donors (Lipinski definition) is 0. The summed E-state index contributed by atoms with van der Waals surface area (Å²) in [4.78, 5) is 0. The largest absolute Gasteiger partial charge is 0.251 e. The van der Waals surface area contributed by atoms with E-state index >= 15 is 0 Å². The Labute approximate surface area is 52.2 Å². The predicted octanol–water partition coefficient (Wildman–Crippen LogP) is 2.38. The van der Waals surface area contributed by atoms with Gasteiger partial charge in [-0.2, -0.15) is 0 Å². The van der Waals surface area contributed by atoms with Gasteiger partial charge in [0.2, 0.25) is 0 Å². The SMILES string of the molecule is CC(CF)CCBr. The molecule has 0 saturated carbocycles. The van der Waals surface area contributed by atoms with Gasteiger partial charge in [-0.25, -0.2) is 0 Å². The number of rotatable bonds is 3. The molecule has 0 spiro atoms. The molecule has 7 heavy (non-hydrogen) atoms. The van der Waals surface area contributed by atoms with Gasteiger partial charge in [0.25, 0.3) is 0 Å². The van der Waals surface area contributed by atoms with E-state index in [0.29, 0.717) is 0 Å². The molecule has 0 fully saturated rings. The lowest BCUT2D eigenvalue weighted by atomic mass is 10.1. The molecule has 0 rings (SSSR count). The molecule has 0 aromatic carbocycles. The second-order valence-corrected chi connectivity index (χ2v) is 2.53. The van der Waals surface area contributed by atoms with E-state index in [0.717, 1.165) is 11.8 Å². The van der Waals surface area contributed by atoms with Crippen LogP contribution >= 0.6 is 15.9 Å². The molecule has 1 unspecified atom stereocenters. The van der Waals surface area contributed by atoms with Crippen LogP contribution in [0.5, 0.6) is 0 Å². The van der Waals surface area contributed by atoms with Crippen molar-refractivity contribution < 1.29 is 4.39 Å². The average molecular weight is 169 g/mol. The fraction of sp³-hybridized carbons (Fsp3) is 1.00. The molecule has 0 aliphatic carbocycles. The van der Waals surface area contributed by atoms with E-state index in [2.05, 4.69) is 15.9 Å². The Morgan fingerprint density at radius 2 is 2.29 bits per heavy atom. The van der Waals surface area contributed by atoms with Gasteiger partial charge in [0.1, 0.15) is 0 Å². The van der Waals surface area contributed by atoms with Crippen molar-refractivity contribution in [3.8, 4) is 0 Å². The number of hydrogen-bond acceptors (Lipinski definition) is 0. The van der Waals surface area contributed by atoms with Gasteiger partial charge in [-0.05, 0) is 12.3 Å². The van der Waals surface area contributed by atoms with Crippen molar-refractivity contribution in [3.05, 3.63) is 0 Å². The molecule has 0 heterocycles. The third-order valence-electron chi connectivity index (χ3n) is 0.865. The van der Waals surface area contributed by atoms with E-state index in [-0.39, 0.29) is 12.6 Å². The topological polar surface area (TPSA) is 0 Å². The first-order chi connectivity index (χ1) is 3.31. The molecule has 0 N–H and O–H groups in total. The zero-order valence-electron chi connectivity index (χ0n) is 4.45. The van der Waals surface area contributed by atoms with Gasteiger partial charge in [0.15, 0.2) is 0 Å². The molecule has 0 nitrogen and oxygen atoms in total. The van der Waals surface area contributed by atoms with Crippen LogP contribution in [0.1, 0.15) is 13.3 Å². The standard InChI is InChI=1S/C5H10BrF/c1-5(4-7)2-3-6/h5H,2-4H2,1H3. The minimum Gasteiger partial charge on any atom is -0.251 e. The highest BCUT2D eigenvalue weighted by molar-refractivity contribution is 9.09. The van der Waals surface area contributed by atoms with E-state index in [4.69, 9.17) is 0 Å². The van der Waals surface area contributed by atoms with Crippen LogP contribution in [0.4, 0.5) is 4.39 Å². The summed E-state index contributed by atoms with van der Waals surface area (Å²) in [6, 6.07) is 0. The zero-order valence-corrected chi connectivity index (χ0v) is 6.04. The Morgan fingerprint density at radius 1 is 1.71 bits per heavy atom. The number of alkyl halides is 2. The predicted molar refractivity (Wildman–Crippen MR) is 33.5 cm³/mol. The molecule has 0 aromatic heterocycles. The zero-order chi connectivity index (χ0) is 5.70. The molecule has 0 bridgehead atoms. The van der Waals surface area contributed by atoms with Gasteiger partial charge in [0, 0.05) is 5.33 Å². The second-order valence-electron chi connectivity index (χ2n) is 1.74. The second kappa shape index (κ2) is 4.57. The maximum absolute atomic E-state index is 11.6. The fourth-order valence-corrected chi connectivity index (χ4v) is 1.04. The van der Waals surface area contributed by atoms with Crippen LogP contribution in [0, 0.1) is 5.92 Å². The van der Waals surface area contributed by atoms with Crippen LogP contribution in [0.3, 0.4) is 0 Å². The first kappa shape index (κ1) is 7.41. The Balaban J connectivity index is 2.83. The van der Waals surface area contributed by atoms with Crippen LogP contribution in [-0.2, 0) is 0 Å². The van der Waals surface area contributed by atoms with E-state index in [9.17, 15) is 4.39 Å². The van der Waals surface area contributed by atoms with Crippen molar-refractivity contribution in [2.24, 2.45) is 5.92 Å². The lowest BCUT2D eigenvalue weighted by Gasteiger charge is -1.99. The van der Waals surface area contributed by atoms with E-state index < -0.39 is 0 Å². The molecule has 0 aliphatic rings. The van der Waals surface area contributed by atoms with Gasteiger partial charge in [0.05, 0.1) is 6.67 Å². The molecule has 0 aromatic rings. The third kappa shape index (κ3) is 4.26. The van der Waals surface area contributed by atoms with Crippen LogP contribution in [0.15, 0.2) is 0 Å². The summed E-state index contributed by atoms with van der Waals surface area (Å²) in [6.07, 6.45) is 0.941. The molecule has 44 valence electrons. The molecule has 0 saturated heterocycles. The summed E-state index contributed by atoms with van der Waals surface area (Å²) < 4.78 is 11.6.